The molecule has 0 saturated carbocycles. The van der Waals surface area contributed by atoms with Gasteiger partial charge in [0, 0.05) is 6.54 Å². The van der Waals surface area contributed by atoms with Crippen LogP contribution in [0.4, 0.5) is 0 Å². The summed E-state index contributed by atoms with van der Waals surface area (Å²) in [6.45, 7) is 0.945. The van der Waals surface area contributed by atoms with Gasteiger partial charge in [0.25, 0.3) is 0 Å². The predicted molar refractivity (Wildman–Crippen MR) is 68.3 cm³/mol. The summed E-state index contributed by atoms with van der Waals surface area (Å²) in [4.78, 5) is 0. The molecular formula is C15H17N. The van der Waals surface area contributed by atoms with E-state index >= 15 is 0 Å². The number of hydrogen-bond donors (Lipinski definition) is 1. The molecule has 82 valence electrons. The van der Waals surface area contributed by atoms with Crippen molar-refractivity contribution in [3.63, 3.8) is 0 Å². The average molecular weight is 211 g/mol. The molecule has 2 aromatic rings. The zero-order chi connectivity index (χ0) is 10.1. The normalized spacial score (nSPS) is 12.8. The Balaban J connectivity index is 0.000000963. The van der Waals surface area contributed by atoms with Crippen molar-refractivity contribution >= 4 is 0 Å². The first-order valence-electron chi connectivity index (χ1n) is 5.31. The zero-order valence-electron chi connectivity index (χ0n) is 8.48. The predicted octanol–water partition coefficient (Wildman–Crippen LogP) is 3.52. The highest BCUT2D eigenvalue weighted by Gasteiger charge is 2.30. The Morgan fingerprint density at radius 1 is 0.812 bits per heavy atom. The summed E-state index contributed by atoms with van der Waals surface area (Å²) in [6, 6.07) is 19.6. The first kappa shape index (κ1) is 10.9. The number of benzene rings is 2. The van der Waals surface area contributed by atoms with E-state index in [1.54, 1.807) is 0 Å². The lowest BCUT2D eigenvalue weighted by Crippen LogP contribution is -2.10. The molecule has 0 unspecified atom stereocenters. The summed E-state index contributed by atoms with van der Waals surface area (Å²) in [6.07, 6.45) is 0. The van der Waals surface area contributed by atoms with Crippen LogP contribution in [-0.4, -0.2) is 0 Å². The van der Waals surface area contributed by atoms with Crippen LogP contribution in [0.5, 0.6) is 0 Å². The molecule has 2 aromatic carbocycles. The Kier molecular flexibility index (Phi) is 3.07. The molecule has 1 aliphatic rings. The quantitative estimate of drug-likeness (QED) is 0.819. The fourth-order valence-corrected chi connectivity index (χ4v) is 2.00. The van der Waals surface area contributed by atoms with Crippen molar-refractivity contribution < 1.29 is 0 Å². The van der Waals surface area contributed by atoms with E-state index in [1.165, 1.54) is 16.7 Å². The largest absolute Gasteiger partial charge is 0.302 e. The van der Waals surface area contributed by atoms with E-state index in [2.05, 4.69) is 59.9 Å². The van der Waals surface area contributed by atoms with E-state index in [0.29, 0.717) is 6.04 Å². The summed E-state index contributed by atoms with van der Waals surface area (Å²) >= 11 is 0. The molecule has 0 heterocycles. The topological polar surface area (TPSA) is 12.0 Å². The lowest BCUT2D eigenvalue weighted by molar-refractivity contribution is 0.680. The Bertz CT molecular complexity index is 439. The van der Waals surface area contributed by atoms with Crippen LogP contribution in [0.2, 0.25) is 0 Å². The molecular weight excluding hydrogens is 194 g/mol. The van der Waals surface area contributed by atoms with Gasteiger partial charge in [0.1, 0.15) is 0 Å². The SMILES string of the molecule is C.c1ccc(CNC2c3ccccc32)cc1. The Labute approximate surface area is 97.1 Å². The molecule has 0 spiro atoms. The molecule has 1 aliphatic carbocycles. The van der Waals surface area contributed by atoms with Crippen LogP contribution in [0.3, 0.4) is 0 Å². The minimum absolute atomic E-state index is 0. The monoisotopic (exact) mass is 211 g/mol. The summed E-state index contributed by atoms with van der Waals surface area (Å²) in [5.41, 5.74) is 4.25. The minimum Gasteiger partial charge on any atom is -0.302 e. The van der Waals surface area contributed by atoms with Crippen LogP contribution in [0.15, 0.2) is 54.6 Å². The van der Waals surface area contributed by atoms with E-state index in [0.717, 1.165) is 6.54 Å². The molecule has 0 aromatic heterocycles. The van der Waals surface area contributed by atoms with Crippen LogP contribution >= 0.6 is 0 Å². The van der Waals surface area contributed by atoms with E-state index < -0.39 is 0 Å². The number of rotatable bonds is 3. The zero-order valence-corrected chi connectivity index (χ0v) is 8.48. The van der Waals surface area contributed by atoms with E-state index in [1.807, 2.05) is 0 Å². The molecule has 0 bridgehead atoms. The third-order valence-corrected chi connectivity index (χ3v) is 2.89. The van der Waals surface area contributed by atoms with Crippen molar-refractivity contribution in [2.75, 3.05) is 0 Å². The smallest absolute Gasteiger partial charge is 0.0586 e. The maximum Gasteiger partial charge on any atom is 0.0586 e. The highest BCUT2D eigenvalue weighted by molar-refractivity contribution is 5.51. The second kappa shape index (κ2) is 4.50. The lowest BCUT2D eigenvalue weighted by Gasteiger charge is -2.02. The number of nitrogens with one attached hydrogen (secondary N) is 1. The summed E-state index contributed by atoms with van der Waals surface area (Å²) < 4.78 is 0. The second-order valence-electron chi connectivity index (χ2n) is 3.93. The van der Waals surface area contributed by atoms with Gasteiger partial charge in [-0.05, 0) is 16.7 Å². The van der Waals surface area contributed by atoms with Crippen LogP contribution in [-0.2, 0) is 6.54 Å². The van der Waals surface area contributed by atoms with Gasteiger partial charge < -0.3 is 5.32 Å². The van der Waals surface area contributed by atoms with Crippen molar-refractivity contribution in [2.45, 2.75) is 20.0 Å². The third-order valence-electron chi connectivity index (χ3n) is 2.89. The molecule has 0 amide bonds. The molecule has 1 nitrogen and oxygen atoms in total. The molecule has 1 N–H and O–H groups in total. The van der Waals surface area contributed by atoms with E-state index in [-0.39, 0.29) is 7.43 Å². The molecule has 0 atom stereocenters. The van der Waals surface area contributed by atoms with Gasteiger partial charge in [-0.3, -0.25) is 0 Å². The standard InChI is InChI=1S/C14H13N.CH4/c1-2-6-11(7-3-1)10-15-14-12-8-4-5-9-13(12)14;/h1-9,14-15H,10H2;1H4. The summed E-state index contributed by atoms with van der Waals surface area (Å²) in [7, 11) is 0. The van der Waals surface area contributed by atoms with Crippen LogP contribution in [0.1, 0.15) is 30.2 Å². The van der Waals surface area contributed by atoms with Gasteiger partial charge in [0.2, 0.25) is 0 Å². The molecule has 0 radical (unpaired) electrons. The molecule has 0 aliphatic heterocycles. The van der Waals surface area contributed by atoms with Gasteiger partial charge in [0.15, 0.2) is 0 Å². The van der Waals surface area contributed by atoms with Crippen LogP contribution in [0.25, 0.3) is 0 Å². The Morgan fingerprint density at radius 2 is 1.38 bits per heavy atom. The van der Waals surface area contributed by atoms with Crippen molar-refractivity contribution in [1.82, 2.24) is 5.32 Å². The van der Waals surface area contributed by atoms with Gasteiger partial charge in [-0.2, -0.15) is 0 Å². The molecule has 0 saturated heterocycles. The first-order valence-corrected chi connectivity index (χ1v) is 5.31. The molecule has 0 fully saturated rings. The fraction of sp³-hybridized carbons (Fsp3) is 0.200. The molecule has 3 rings (SSSR count). The second-order valence-corrected chi connectivity index (χ2v) is 3.93. The molecule has 1 heteroatoms. The van der Waals surface area contributed by atoms with Crippen LogP contribution < -0.4 is 5.32 Å². The van der Waals surface area contributed by atoms with Gasteiger partial charge in [-0.1, -0.05) is 62.0 Å². The number of hydrogen-bond acceptors (Lipinski definition) is 1. The average Bonchev–Trinajstić information content (AvgIpc) is 3.01. The first-order chi connectivity index (χ1) is 7.45. The third kappa shape index (κ3) is 2.00. The van der Waals surface area contributed by atoms with Gasteiger partial charge in [-0.15, -0.1) is 0 Å². The van der Waals surface area contributed by atoms with Crippen molar-refractivity contribution in [1.29, 1.82) is 0 Å². The van der Waals surface area contributed by atoms with Gasteiger partial charge in [0.05, 0.1) is 6.04 Å². The van der Waals surface area contributed by atoms with Crippen LogP contribution in [0, 0.1) is 0 Å². The van der Waals surface area contributed by atoms with E-state index in [4.69, 9.17) is 0 Å². The molecule has 16 heavy (non-hydrogen) atoms. The summed E-state index contributed by atoms with van der Waals surface area (Å²) in [5.74, 6) is 0. The van der Waals surface area contributed by atoms with E-state index in [9.17, 15) is 0 Å². The maximum absolute atomic E-state index is 3.54. The van der Waals surface area contributed by atoms with Crippen molar-refractivity contribution in [3.8, 4) is 0 Å². The highest BCUT2D eigenvalue weighted by Crippen LogP contribution is 2.40. The minimum atomic E-state index is 0. The van der Waals surface area contributed by atoms with Gasteiger partial charge >= 0.3 is 0 Å². The number of fused-ring (bicyclic) bond motifs is 1. The van der Waals surface area contributed by atoms with Gasteiger partial charge in [-0.25, -0.2) is 0 Å². The van der Waals surface area contributed by atoms with Crippen molar-refractivity contribution in [3.05, 3.63) is 71.3 Å². The Hall–Kier alpha value is -1.60. The fourth-order valence-electron chi connectivity index (χ4n) is 2.00. The lowest BCUT2D eigenvalue weighted by atomic mass is 10.2. The van der Waals surface area contributed by atoms with Crippen molar-refractivity contribution in [2.24, 2.45) is 0 Å². The summed E-state index contributed by atoms with van der Waals surface area (Å²) in [5, 5.41) is 3.54. The highest BCUT2D eigenvalue weighted by atomic mass is 14.9. The maximum atomic E-state index is 3.54. The Morgan fingerprint density at radius 3 is 2.00 bits per heavy atom.